The molecule has 2 rings (SSSR count). The molecule has 0 saturated carbocycles. The van der Waals surface area contributed by atoms with Gasteiger partial charge in [-0.15, -0.1) is 0 Å². The molecule has 0 radical (unpaired) electrons. The van der Waals surface area contributed by atoms with Gasteiger partial charge in [0.2, 0.25) is 0 Å². The van der Waals surface area contributed by atoms with Gasteiger partial charge in [0.25, 0.3) is 10.0 Å². The molecule has 20 heavy (non-hydrogen) atoms. The van der Waals surface area contributed by atoms with Crippen LogP contribution < -0.4 is 9.46 Å². The molecule has 0 saturated heterocycles. The maximum absolute atomic E-state index is 12.4. The van der Waals surface area contributed by atoms with E-state index >= 15 is 0 Å². The summed E-state index contributed by atoms with van der Waals surface area (Å²) in [6.07, 6.45) is 1.51. The van der Waals surface area contributed by atoms with Crippen molar-refractivity contribution in [2.45, 2.75) is 11.8 Å². The minimum absolute atomic E-state index is 0.0434. The van der Waals surface area contributed by atoms with E-state index in [2.05, 4.69) is 9.71 Å². The summed E-state index contributed by atoms with van der Waals surface area (Å²) in [4.78, 5) is 3.91. The maximum Gasteiger partial charge on any atom is 0.265 e. The summed E-state index contributed by atoms with van der Waals surface area (Å²) in [5.74, 6) is 0.262. The average Bonchev–Trinajstić information content (AvgIpc) is 2.43. The van der Waals surface area contributed by atoms with Gasteiger partial charge in [0, 0.05) is 6.20 Å². The highest BCUT2D eigenvalue weighted by Gasteiger charge is 2.21. The van der Waals surface area contributed by atoms with Crippen LogP contribution in [0, 0.1) is 6.92 Å². The molecule has 106 valence electrons. The number of anilines is 1. The normalized spacial score (nSPS) is 11.2. The van der Waals surface area contributed by atoms with E-state index in [1.54, 1.807) is 31.2 Å². The van der Waals surface area contributed by atoms with Gasteiger partial charge in [-0.3, -0.25) is 4.72 Å². The zero-order valence-corrected chi connectivity index (χ0v) is 12.5. The molecule has 7 heteroatoms. The lowest BCUT2D eigenvalue weighted by Gasteiger charge is -2.13. The number of aromatic nitrogens is 1. The van der Waals surface area contributed by atoms with Crippen molar-refractivity contribution in [2.75, 3.05) is 11.8 Å². The summed E-state index contributed by atoms with van der Waals surface area (Å²) >= 11 is 5.93. The molecule has 0 aliphatic rings. The minimum Gasteiger partial charge on any atom is -0.495 e. The number of hydrogen-bond acceptors (Lipinski definition) is 4. The van der Waals surface area contributed by atoms with E-state index in [1.165, 1.54) is 19.4 Å². The van der Waals surface area contributed by atoms with E-state index in [1.807, 2.05) is 0 Å². The van der Waals surface area contributed by atoms with Gasteiger partial charge in [0.05, 0.1) is 12.8 Å². The Labute approximate surface area is 122 Å². The lowest BCUT2D eigenvalue weighted by molar-refractivity contribution is 0.403. The highest BCUT2D eigenvalue weighted by atomic mass is 35.5. The van der Waals surface area contributed by atoms with Gasteiger partial charge < -0.3 is 4.74 Å². The fraction of sp³-hybridized carbons (Fsp3) is 0.154. The highest BCUT2D eigenvalue weighted by Crippen LogP contribution is 2.29. The second-order valence-corrected chi connectivity index (χ2v) is 6.06. The molecule has 1 heterocycles. The van der Waals surface area contributed by atoms with Crippen LogP contribution in [0.1, 0.15) is 5.56 Å². The average molecular weight is 313 g/mol. The summed E-state index contributed by atoms with van der Waals surface area (Å²) < 4.78 is 32.3. The number of sulfonamides is 1. The molecule has 1 aromatic carbocycles. The summed E-state index contributed by atoms with van der Waals surface area (Å²) in [7, 11) is -2.39. The third kappa shape index (κ3) is 2.86. The number of methoxy groups -OCH3 is 1. The second-order valence-electron chi connectivity index (χ2n) is 4.05. The van der Waals surface area contributed by atoms with Crippen LogP contribution in [-0.4, -0.2) is 20.5 Å². The van der Waals surface area contributed by atoms with Gasteiger partial charge in [-0.1, -0.05) is 23.7 Å². The van der Waals surface area contributed by atoms with E-state index in [0.717, 1.165) is 0 Å². The SMILES string of the molecule is COc1ccccc1S(=O)(=O)Nc1c(C)ccnc1Cl. The molecule has 1 aromatic heterocycles. The molecule has 0 unspecified atom stereocenters. The molecule has 1 N–H and O–H groups in total. The van der Waals surface area contributed by atoms with E-state index in [0.29, 0.717) is 5.56 Å². The number of benzene rings is 1. The summed E-state index contributed by atoms with van der Waals surface area (Å²) in [5, 5.41) is 0.100. The first-order valence-electron chi connectivity index (χ1n) is 5.72. The smallest absolute Gasteiger partial charge is 0.265 e. The van der Waals surface area contributed by atoms with Crippen molar-refractivity contribution in [3.8, 4) is 5.75 Å². The molecule has 0 amide bonds. The van der Waals surface area contributed by atoms with E-state index < -0.39 is 10.0 Å². The first-order chi connectivity index (χ1) is 9.45. The number of rotatable bonds is 4. The van der Waals surface area contributed by atoms with Crippen LogP contribution in [0.15, 0.2) is 41.4 Å². The van der Waals surface area contributed by atoms with Crippen LogP contribution >= 0.6 is 11.6 Å². The van der Waals surface area contributed by atoms with Crippen LogP contribution in [0.4, 0.5) is 5.69 Å². The van der Waals surface area contributed by atoms with Crippen LogP contribution in [-0.2, 0) is 10.0 Å². The van der Waals surface area contributed by atoms with Gasteiger partial charge in [-0.2, -0.15) is 0 Å². The van der Waals surface area contributed by atoms with Crippen molar-refractivity contribution in [3.05, 3.63) is 47.2 Å². The Bertz CT molecular complexity index is 712. The highest BCUT2D eigenvalue weighted by molar-refractivity contribution is 7.92. The number of ether oxygens (including phenoxy) is 1. The van der Waals surface area contributed by atoms with Gasteiger partial charge in [0.15, 0.2) is 5.15 Å². The molecule has 0 fully saturated rings. The molecular weight excluding hydrogens is 300 g/mol. The van der Waals surface area contributed by atoms with Crippen molar-refractivity contribution in [3.63, 3.8) is 0 Å². The van der Waals surface area contributed by atoms with Crippen molar-refractivity contribution < 1.29 is 13.2 Å². The number of nitrogens with one attached hydrogen (secondary N) is 1. The van der Waals surface area contributed by atoms with Crippen LogP contribution in [0.3, 0.4) is 0 Å². The van der Waals surface area contributed by atoms with Crippen LogP contribution in [0.25, 0.3) is 0 Å². The van der Waals surface area contributed by atoms with E-state index in [4.69, 9.17) is 16.3 Å². The molecule has 0 atom stereocenters. The van der Waals surface area contributed by atoms with Crippen molar-refractivity contribution in [1.82, 2.24) is 4.98 Å². The number of hydrogen-bond donors (Lipinski definition) is 1. The number of para-hydroxylation sites is 1. The number of aryl methyl sites for hydroxylation is 1. The Kier molecular flexibility index (Phi) is 4.15. The van der Waals surface area contributed by atoms with Crippen molar-refractivity contribution >= 4 is 27.3 Å². The van der Waals surface area contributed by atoms with E-state index in [-0.39, 0.29) is 21.5 Å². The predicted molar refractivity (Wildman–Crippen MR) is 77.8 cm³/mol. The first kappa shape index (κ1) is 14.6. The van der Waals surface area contributed by atoms with Gasteiger partial charge in [-0.25, -0.2) is 13.4 Å². The fourth-order valence-corrected chi connectivity index (χ4v) is 3.30. The van der Waals surface area contributed by atoms with Crippen molar-refractivity contribution in [2.24, 2.45) is 0 Å². The lowest BCUT2D eigenvalue weighted by atomic mass is 10.3. The Hall–Kier alpha value is -1.79. The largest absolute Gasteiger partial charge is 0.495 e. The van der Waals surface area contributed by atoms with Gasteiger partial charge in [0.1, 0.15) is 10.6 Å². The third-order valence-electron chi connectivity index (χ3n) is 2.71. The third-order valence-corrected chi connectivity index (χ3v) is 4.38. The Balaban J connectivity index is 2.47. The topological polar surface area (TPSA) is 68.3 Å². The van der Waals surface area contributed by atoms with Gasteiger partial charge in [-0.05, 0) is 30.7 Å². The minimum atomic E-state index is -3.80. The van der Waals surface area contributed by atoms with Crippen LogP contribution in [0.2, 0.25) is 5.15 Å². The monoisotopic (exact) mass is 312 g/mol. The lowest BCUT2D eigenvalue weighted by Crippen LogP contribution is -2.15. The summed E-state index contributed by atoms with van der Waals surface area (Å²) in [6, 6.07) is 8.02. The second kappa shape index (κ2) is 5.68. The Morgan fingerprint density at radius 2 is 1.95 bits per heavy atom. The standard InChI is InChI=1S/C13H13ClN2O3S/c1-9-7-8-15-13(14)12(9)16-20(17,18)11-6-4-3-5-10(11)19-2/h3-8,16H,1-2H3. The molecule has 5 nitrogen and oxygen atoms in total. The molecule has 2 aromatic rings. The fourth-order valence-electron chi connectivity index (χ4n) is 1.68. The Morgan fingerprint density at radius 1 is 1.25 bits per heavy atom. The number of pyridine rings is 1. The zero-order chi connectivity index (χ0) is 14.8. The molecule has 0 aliphatic carbocycles. The molecular formula is C13H13ClN2O3S. The van der Waals surface area contributed by atoms with E-state index in [9.17, 15) is 8.42 Å². The van der Waals surface area contributed by atoms with Gasteiger partial charge >= 0.3 is 0 Å². The number of nitrogens with zero attached hydrogens (tertiary/aromatic N) is 1. The van der Waals surface area contributed by atoms with Crippen LogP contribution in [0.5, 0.6) is 5.75 Å². The quantitative estimate of drug-likeness (QED) is 0.881. The summed E-state index contributed by atoms with van der Waals surface area (Å²) in [5.41, 5.74) is 0.948. The predicted octanol–water partition coefficient (Wildman–Crippen LogP) is 2.85. The summed E-state index contributed by atoms with van der Waals surface area (Å²) in [6.45, 7) is 1.74. The molecule has 0 bridgehead atoms. The zero-order valence-electron chi connectivity index (χ0n) is 10.9. The maximum atomic E-state index is 12.4. The first-order valence-corrected chi connectivity index (χ1v) is 7.59. The number of halogens is 1. The van der Waals surface area contributed by atoms with Crippen molar-refractivity contribution in [1.29, 1.82) is 0 Å². The molecule has 0 spiro atoms. The molecule has 0 aliphatic heterocycles. The Morgan fingerprint density at radius 3 is 2.60 bits per heavy atom.